The Morgan fingerprint density at radius 2 is 1.31 bits per heavy atom. The zero-order chi connectivity index (χ0) is 10.2. The molecule has 70 valence electrons. The van der Waals surface area contributed by atoms with Crippen LogP contribution in [0, 0.1) is 0 Å². The van der Waals surface area contributed by atoms with Crippen LogP contribution in [-0.2, 0) is 0 Å². The van der Waals surface area contributed by atoms with Crippen LogP contribution in [-0.4, -0.2) is 22.2 Å². The van der Waals surface area contributed by atoms with Crippen LogP contribution in [0.15, 0.2) is 0 Å². The van der Waals surface area contributed by atoms with Gasteiger partial charge in [-0.3, -0.25) is 0 Å². The molecule has 0 atom stereocenters. The molecule has 0 aliphatic carbocycles. The second kappa shape index (κ2) is 2.94. The smallest absolute Gasteiger partial charge is 0.339 e. The molecule has 1 rings (SSSR count). The SMILES string of the molecule is Nc1sc(N)c(C(=O)O)c1C(=O)O. The molecule has 1 aromatic rings. The second-order valence-corrected chi connectivity index (χ2v) is 3.27. The fourth-order valence-electron chi connectivity index (χ4n) is 0.892. The van der Waals surface area contributed by atoms with Gasteiger partial charge in [0.05, 0.1) is 0 Å². The third kappa shape index (κ3) is 1.41. The summed E-state index contributed by atoms with van der Waals surface area (Å²) in [7, 11) is 0. The van der Waals surface area contributed by atoms with Gasteiger partial charge in [0, 0.05) is 0 Å². The van der Waals surface area contributed by atoms with Crippen molar-refractivity contribution in [3.63, 3.8) is 0 Å². The third-order valence-electron chi connectivity index (χ3n) is 1.39. The summed E-state index contributed by atoms with van der Waals surface area (Å²) >= 11 is 0.746. The molecule has 6 nitrogen and oxygen atoms in total. The zero-order valence-electron chi connectivity index (χ0n) is 6.27. The minimum atomic E-state index is -1.39. The molecule has 0 aromatic carbocycles. The van der Waals surface area contributed by atoms with Gasteiger partial charge >= 0.3 is 11.9 Å². The highest BCUT2D eigenvalue weighted by atomic mass is 32.1. The number of hydrogen-bond donors (Lipinski definition) is 4. The maximum absolute atomic E-state index is 10.6. The number of carbonyl (C=O) groups is 2. The summed E-state index contributed by atoms with van der Waals surface area (Å²) in [6.07, 6.45) is 0. The van der Waals surface area contributed by atoms with E-state index in [1.54, 1.807) is 0 Å². The molecule has 0 spiro atoms. The second-order valence-electron chi connectivity index (χ2n) is 2.19. The molecule has 7 heteroatoms. The predicted octanol–water partition coefficient (Wildman–Crippen LogP) is 0.309. The molecule has 1 heterocycles. The van der Waals surface area contributed by atoms with Crippen molar-refractivity contribution in [3.8, 4) is 0 Å². The summed E-state index contributed by atoms with van der Waals surface area (Å²) in [5.74, 6) is -2.77. The summed E-state index contributed by atoms with van der Waals surface area (Å²) in [4.78, 5) is 21.1. The van der Waals surface area contributed by atoms with E-state index in [-0.39, 0.29) is 10.0 Å². The Bertz CT molecular complexity index is 350. The van der Waals surface area contributed by atoms with Crippen LogP contribution in [0.25, 0.3) is 0 Å². The van der Waals surface area contributed by atoms with Gasteiger partial charge in [0.1, 0.15) is 21.1 Å². The average molecular weight is 202 g/mol. The number of anilines is 2. The van der Waals surface area contributed by atoms with Gasteiger partial charge < -0.3 is 21.7 Å². The first-order valence-corrected chi connectivity index (χ1v) is 3.91. The van der Waals surface area contributed by atoms with E-state index >= 15 is 0 Å². The van der Waals surface area contributed by atoms with Gasteiger partial charge in [-0.25, -0.2) is 9.59 Å². The summed E-state index contributed by atoms with van der Waals surface area (Å²) in [6, 6.07) is 0. The Hall–Kier alpha value is -1.76. The van der Waals surface area contributed by atoms with E-state index in [0.29, 0.717) is 0 Å². The Morgan fingerprint density at radius 3 is 1.54 bits per heavy atom. The highest BCUT2D eigenvalue weighted by Crippen LogP contribution is 2.32. The van der Waals surface area contributed by atoms with Gasteiger partial charge in [-0.1, -0.05) is 11.3 Å². The highest BCUT2D eigenvalue weighted by molar-refractivity contribution is 7.20. The van der Waals surface area contributed by atoms with Crippen molar-refractivity contribution in [1.82, 2.24) is 0 Å². The lowest BCUT2D eigenvalue weighted by Gasteiger charge is -1.94. The first-order valence-electron chi connectivity index (χ1n) is 3.09. The molecule has 0 bridgehead atoms. The number of nitrogen functional groups attached to an aromatic ring is 2. The van der Waals surface area contributed by atoms with Crippen LogP contribution in [0.1, 0.15) is 20.7 Å². The molecule has 13 heavy (non-hydrogen) atoms. The Kier molecular flexibility index (Phi) is 2.11. The molecule has 0 amide bonds. The Labute approximate surface area is 76.4 Å². The van der Waals surface area contributed by atoms with Crippen molar-refractivity contribution >= 4 is 33.3 Å². The van der Waals surface area contributed by atoms with Crippen molar-refractivity contribution in [2.24, 2.45) is 0 Å². The number of carboxylic acids is 2. The lowest BCUT2D eigenvalue weighted by molar-refractivity contribution is 0.0654. The van der Waals surface area contributed by atoms with E-state index in [0.717, 1.165) is 11.3 Å². The van der Waals surface area contributed by atoms with E-state index in [1.807, 2.05) is 0 Å². The van der Waals surface area contributed by atoms with Crippen molar-refractivity contribution in [3.05, 3.63) is 11.1 Å². The van der Waals surface area contributed by atoms with E-state index in [4.69, 9.17) is 21.7 Å². The molecular formula is C6H6N2O4S. The molecule has 0 aliphatic heterocycles. The van der Waals surface area contributed by atoms with Gasteiger partial charge in [-0.15, -0.1) is 0 Å². The highest BCUT2D eigenvalue weighted by Gasteiger charge is 2.25. The minimum absolute atomic E-state index is 0.0950. The number of hydrogen-bond acceptors (Lipinski definition) is 5. The van der Waals surface area contributed by atoms with E-state index < -0.39 is 23.1 Å². The van der Waals surface area contributed by atoms with Crippen molar-refractivity contribution in [2.45, 2.75) is 0 Å². The molecule has 1 aromatic heterocycles. The average Bonchev–Trinajstić information content (AvgIpc) is 2.24. The summed E-state index contributed by atoms with van der Waals surface area (Å²) in [6.45, 7) is 0. The topological polar surface area (TPSA) is 127 Å². The summed E-state index contributed by atoms with van der Waals surface area (Å²) in [5.41, 5.74) is 9.68. The minimum Gasteiger partial charge on any atom is -0.478 e. The normalized spacial score (nSPS) is 9.85. The number of rotatable bonds is 2. The Morgan fingerprint density at radius 1 is 1.00 bits per heavy atom. The quantitative estimate of drug-likeness (QED) is 0.546. The molecule has 0 saturated carbocycles. The van der Waals surface area contributed by atoms with E-state index in [2.05, 4.69) is 0 Å². The summed E-state index contributed by atoms with van der Waals surface area (Å²) in [5, 5.41) is 17.0. The van der Waals surface area contributed by atoms with Gasteiger partial charge in [0.15, 0.2) is 0 Å². The molecule has 6 N–H and O–H groups in total. The van der Waals surface area contributed by atoms with Gasteiger partial charge in [0.25, 0.3) is 0 Å². The molecule has 0 fully saturated rings. The van der Waals surface area contributed by atoms with Gasteiger partial charge in [-0.2, -0.15) is 0 Å². The maximum atomic E-state index is 10.6. The predicted molar refractivity (Wildman–Crippen MR) is 47.1 cm³/mol. The lowest BCUT2D eigenvalue weighted by atomic mass is 10.2. The zero-order valence-corrected chi connectivity index (χ0v) is 7.09. The fourth-order valence-corrected chi connectivity index (χ4v) is 1.71. The van der Waals surface area contributed by atoms with Crippen molar-refractivity contribution in [2.75, 3.05) is 11.5 Å². The van der Waals surface area contributed by atoms with Crippen LogP contribution >= 0.6 is 11.3 Å². The van der Waals surface area contributed by atoms with Crippen LogP contribution in [0.2, 0.25) is 0 Å². The van der Waals surface area contributed by atoms with Crippen molar-refractivity contribution in [1.29, 1.82) is 0 Å². The number of thiophene rings is 1. The number of nitrogens with two attached hydrogens (primary N) is 2. The van der Waals surface area contributed by atoms with Crippen LogP contribution < -0.4 is 11.5 Å². The summed E-state index contributed by atoms with van der Waals surface area (Å²) < 4.78 is 0. The molecule has 0 saturated heterocycles. The molecule has 0 unspecified atom stereocenters. The molecule has 0 radical (unpaired) electrons. The first-order chi connectivity index (χ1) is 5.95. The first kappa shape index (κ1) is 9.33. The van der Waals surface area contributed by atoms with Crippen LogP contribution in [0.5, 0.6) is 0 Å². The third-order valence-corrected chi connectivity index (χ3v) is 2.24. The van der Waals surface area contributed by atoms with Gasteiger partial charge in [-0.05, 0) is 0 Å². The standard InChI is InChI=1S/C6H6N2O4S/c7-3-1(5(9)10)2(6(11)12)4(8)13-3/h7-8H2,(H,9,10)(H,11,12). The van der Waals surface area contributed by atoms with Crippen LogP contribution in [0.4, 0.5) is 10.0 Å². The maximum Gasteiger partial charge on any atom is 0.339 e. The van der Waals surface area contributed by atoms with Crippen LogP contribution in [0.3, 0.4) is 0 Å². The Balaban J connectivity index is 3.47. The monoisotopic (exact) mass is 202 g/mol. The lowest BCUT2D eigenvalue weighted by Crippen LogP contribution is -2.08. The fraction of sp³-hybridized carbons (Fsp3) is 0. The van der Waals surface area contributed by atoms with E-state index in [9.17, 15) is 9.59 Å². The number of carboxylic acid groups (broad SMARTS) is 2. The molecular weight excluding hydrogens is 196 g/mol. The molecule has 0 aliphatic rings. The van der Waals surface area contributed by atoms with Crippen molar-refractivity contribution < 1.29 is 19.8 Å². The largest absolute Gasteiger partial charge is 0.478 e. The van der Waals surface area contributed by atoms with Gasteiger partial charge in [0.2, 0.25) is 0 Å². The number of aromatic carboxylic acids is 2. The van der Waals surface area contributed by atoms with E-state index in [1.165, 1.54) is 0 Å².